The highest BCUT2D eigenvalue weighted by Gasteiger charge is 2.14. The summed E-state index contributed by atoms with van der Waals surface area (Å²) in [5.41, 5.74) is 3.33. The number of ether oxygens (including phenoxy) is 1. The van der Waals surface area contributed by atoms with E-state index >= 15 is 0 Å². The summed E-state index contributed by atoms with van der Waals surface area (Å²) < 4.78 is 5.24. The number of rotatable bonds is 7. The van der Waals surface area contributed by atoms with Crippen molar-refractivity contribution in [3.8, 4) is 18.1 Å². The second-order valence-electron chi connectivity index (χ2n) is 4.92. The van der Waals surface area contributed by atoms with Gasteiger partial charge in [-0.3, -0.25) is 14.9 Å². The Morgan fingerprint density at radius 3 is 2.68 bits per heavy atom. The summed E-state index contributed by atoms with van der Waals surface area (Å²) in [6.45, 7) is 0.190. The van der Waals surface area contributed by atoms with Gasteiger partial charge < -0.3 is 4.74 Å². The molecule has 0 spiro atoms. The molecule has 1 amide bonds. The number of carbonyl (C=O) groups excluding carboxylic acids is 1. The molecule has 2 aromatic carbocycles. The maximum absolute atomic E-state index is 11.9. The van der Waals surface area contributed by atoms with E-state index in [-0.39, 0.29) is 18.7 Å². The van der Waals surface area contributed by atoms with Gasteiger partial charge in [-0.05, 0) is 29.8 Å². The number of nitro groups is 1. The van der Waals surface area contributed by atoms with Crippen LogP contribution in [0.25, 0.3) is 0 Å². The molecule has 0 aliphatic heterocycles. The molecule has 0 atom stereocenters. The van der Waals surface area contributed by atoms with Crippen molar-refractivity contribution in [1.82, 2.24) is 5.43 Å². The van der Waals surface area contributed by atoms with Gasteiger partial charge in [0.05, 0.1) is 17.6 Å². The van der Waals surface area contributed by atoms with E-state index in [1.165, 1.54) is 18.3 Å². The van der Waals surface area contributed by atoms with Gasteiger partial charge in [-0.2, -0.15) is 5.10 Å². The fourth-order valence-electron chi connectivity index (χ4n) is 2.00. The number of amides is 1. The summed E-state index contributed by atoms with van der Waals surface area (Å²) in [5, 5.41) is 14.8. The van der Waals surface area contributed by atoms with Crippen molar-refractivity contribution in [1.29, 1.82) is 0 Å². The molecule has 0 aliphatic carbocycles. The monoisotopic (exact) mass is 337 g/mol. The van der Waals surface area contributed by atoms with Crippen molar-refractivity contribution >= 4 is 17.8 Å². The number of terminal acetylenes is 1. The molecule has 126 valence electrons. The molecule has 2 aromatic rings. The molecule has 7 heteroatoms. The Morgan fingerprint density at radius 2 is 2.00 bits per heavy atom. The van der Waals surface area contributed by atoms with Crippen molar-refractivity contribution in [2.24, 2.45) is 5.10 Å². The Hall–Kier alpha value is -3.66. The minimum absolute atomic E-state index is 0.0933. The van der Waals surface area contributed by atoms with Gasteiger partial charge >= 0.3 is 0 Å². The van der Waals surface area contributed by atoms with Crippen LogP contribution in [0.2, 0.25) is 0 Å². The van der Waals surface area contributed by atoms with Crippen LogP contribution in [0.1, 0.15) is 11.1 Å². The molecule has 0 bridgehead atoms. The number of carbonyl (C=O) groups is 1. The number of para-hydroxylation sites is 1. The van der Waals surface area contributed by atoms with Crippen LogP contribution in [0.4, 0.5) is 5.69 Å². The third-order valence-electron chi connectivity index (χ3n) is 3.14. The highest BCUT2D eigenvalue weighted by Crippen LogP contribution is 2.17. The first-order valence-electron chi connectivity index (χ1n) is 7.30. The molecule has 7 nitrogen and oxygen atoms in total. The van der Waals surface area contributed by atoms with Crippen molar-refractivity contribution < 1.29 is 14.5 Å². The minimum atomic E-state index is -0.518. The molecule has 0 radical (unpaired) electrons. The summed E-state index contributed by atoms with van der Waals surface area (Å²) in [6.07, 6.45) is 6.44. The molecule has 0 heterocycles. The lowest BCUT2D eigenvalue weighted by atomic mass is 10.1. The topological polar surface area (TPSA) is 93.8 Å². The number of nitrogens with one attached hydrogen (secondary N) is 1. The van der Waals surface area contributed by atoms with Gasteiger partial charge in [-0.1, -0.05) is 24.1 Å². The second kappa shape index (κ2) is 8.84. The third kappa shape index (κ3) is 5.48. The fraction of sp³-hybridized carbons (Fsp3) is 0.111. The number of benzene rings is 2. The van der Waals surface area contributed by atoms with Crippen molar-refractivity contribution in [3.05, 3.63) is 69.8 Å². The number of hydrazone groups is 1. The molecule has 0 unspecified atom stereocenters. The average molecular weight is 337 g/mol. The second-order valence-corrected chi connectivity index (χ2v) is 4.92. The Kier molecular flexibility index (Phi) is 6.25. The quantitative estimate of drug-likeness (QED) is 0.363. The maximum atomic E-state index is 11.9. The lowest BCUT2D eigenvalue weighted by molar-refractivity contribution is -0.385. The number of hydrogen-bond donors (Lipinski definition) is 1. The first-order chi connectivity index (χ1) is 12.1. The first-order valence-corrected chi connectivity index (χ1v) is 7.30. The highest BCUT2D eigenvalue weighted by atomic mass is 16.6. The van der Waals surface area contributed by atoms with Crippen LogP contribution < -0.4 is 10.2 Å². The zero-order valence-electron chi connectivity index (χ0n) is 13.2. The van der Waals surface area contributed by atoms with Gasteiger partial charge in [0.1, 0.15) is 12.4 Å². The van der Waals surface area contributed by atoms with Crippen LogP contribution in [0.15, 0.2) is 53.6 Å². The van der Waals surface area contributed by atoms with Crippen LogP contribution in [0.5, 0.6) is 5.75 Å². The number of hydrogen-bond acceptors (Lipinski definition) is 5. The zero-order valence-corrected chi connectivity index (χ0v) is 13.2. The van der Waals surface area contributed by atoms with Crippen molar-refractivity contribution in [3.63, 3.8) is 0 Å². The minimum Gasteiger partial charge on any atom is -0.481 e. The van der Waals surface area contributed by atoms with Crippen LogP contribution in [0.3, 0.4) is 0 Å². The van der Waals surface area contributed by atoms with Gasteiger partial charge in [0.25, 0.3) is 5.69 Å². The Labute approximate surface area is 144 Å². The van der Waals surface area contributed by atoms with E-state index < -0.39 is 10.8 Å². The van der Waals surface area contributed by atoms with Gasteiger partial charge in [-0.15, -0.1) is 6.42 Å². The maximum Gasteiger partial charge on any atom is 0.273 e. The summed E-state index contributed by atoms with van der Waals surface area (Å²) in [4.78, 5) is 22.3. The summed E-state index contributed by atoms with van der Waals surface area (Å²) in [7, 11) is 0. The highest BCUT2D eigenvalue weighted by molar-refractivity contribution is 5.83. The molecule has 1 N–H and O–H groups in total. The van der Waals surface area contributed by atoms with Gasteiger partial charge in [-0.25, -0.2) is 5.43 Å². The van der Waals surface area contributed by atoms with E-state index in [0.717, 1.165) is 5.56 Å². The average Bonchev–Trinajstić information content (AvgIpc) is 2.61. The first kappa shape index (κ1) is 17.7. The molecule has 0 aromatic heterocycles. The molecule has 2 rings (SSSR count). The van der Waals surface area contributed by atoms with Gasteiger partial charge in [0.2, 0.25) is 5.91 Å². The molecule has 0 aliphatic rings. The lowest BCUT2D eigenvalue weighted by Gasteiger charge is -2.03. The predicted octanol–water partition coefficient (Wildman–Crippen LogP) is 2.30. The zero-order chi connectivity index (χ0) is 18.1. The largest absolute Gasteiger partial charge is 0.481 e. The van der Waals surface area contributed by atoms with E-state index in [1.807, 2.05) is 0 Å². The van der Waals surface area contributed by atoms with Crippen LogP contribution in [-0.2, 0) is 11.2 Å². The van der Waals surface area contributed by atoms with Crippen molar-refractivity contribution in [2.45, 2.75) is 6.42 Å². The number of nitro benzene ring substituents is 1. The standard InChI is InChI=1S/C18H15N3O4/c1-2-11-25-16-9-7-14(8-10-16)13-19-20-18(22)12-15-5-3-4-6-17(15)21(23)24/h1,3-10,13H,11-12H2,(H,20,22)/b19-13+. The van der Waals surface area contributed by atoms with Crippen LogP contribution in [0, 0.1) is 22.5 Å². The van der Waals surface area contributed by atoms with Crippen molar-refractivity contribution in [2.75, 3.05) is 6.61 Å². The summed E-state index contributed by atoms with van der Waals surface area (Å²) >= 11 is 0. The Balaban J connectivity index is 1.91. The summed E-state index contributed by atoms with van der Waals surface area (Å²) in [5.74, 6) is 2.56. The van der Waals surface area contributed by atoms with E-state index in [1.54, 1.807) is 36.4 Å². The number of nitrogens with zero attached hydrogens (tertiary/aromatic N) is 2. The Bertz CT molecular complexity index is 823. The molecular weight excluding hydrogens is 322 g/mol. The van der Waals surface area contributed by atoms with E-state index in [0.29, 0.717) is 11.3 Å². The van der Waals surface area contributed by atoms with E-state index in [9.17, 15) is 14.9 Å². The smallest absolute Gasteiger partial charge is 0.273 e. The van der Waals surface area contributed by atoms with E-state index in [4.69, 9.17) is 11.2 Å². The predicted molar refractivity (Wildman–Crippen MR) is 93.3 cm³/mol. The van der Waals surface area contributed by atoms with Gasteiger partial charge in [0.15, 0.2) is 0 Å². The third-order valence-corrected chi connectivity index (χ3v) is 3.14. The molecule has 0 saturated carbocycles. The van der Waals surface area contributed by atoms with Crippen LogP contribution >= 0.6 is 0 Å². The Morgan fingerprint density at radius 1 is 1.28 bits per heavy atom. The van der Waals surface area contributed by atoms with Gasteiger partial charge in [0, 0.05) is 11.6 Å². The van der Waals surface area contributed by atoms with E-state index in [2.05, 4.69) is 16.4 Å². The lowest BCUT2D eigenvalue weighted by Crippen LogP contribution is -2.20. The fourth-order valence-corrected chi connectivity index (χ4v) is 2.00. The summed E-state index contributed by atoms with van der Waals surface area (Å²) in [6, 6.07) is 13.1. The SMILES string of the molecule is C#CCOc1ccc(/C=N/NC(=O)Cc2ccccc2[N+](=O)[O-])cc1. The molecule has 0 saturated heterocycles. The molecule has 0 fully saturated rings. The van der Waals surface area contributed by atoms with Crippen LogP contribution in [-0.4, -0.2) is 23.7 Å². The molecular formula is C18H15N3O4. The normalized spacial score (nSPS) is 10.2. The molecule has 25 heavy (non-hydrogen) atoms.